The van der Waals surface area contributed by atoms with E-state index in [1.54, 1.807) is 11.9 Å². The SMILES string of the molecule is CN(CC1CCOC1)C(=O)c1ccc(C(=O)O)nc1. The molecule has 1 N–H and O–H groups in total. The van der Waals surface area contributed by atoms with Crippen LogP contribution in [0.25, 0.3) is 0 Å². The van der Waals surface area contributed by atoms with Crippen molar-refractivity contribution >= 4 is 11.9 Å². The molecule has 1 amide bonds. The third-order valence-electron chi connectivity index (χ3n) is 3.13. The van der Waals surface area contributed by atoms with E-state index >= 15 is 0 Å². The number of carboxylic acid groups (broad SMARTS) is 1. The van der Waals surface area contributed by atoms with E-state index in [0.29, 0.717) is 24.6 Å². The number of aromatic nitrogens is 1. The van der Waals surface area contributed by atoms with E-state index in [0.717, 1.165) is 13.0 Å². The zero-order valence-electron chi connectivity index (χ0n) is 10.7. The molecule has 2 heterocycles. The summed E-state index contributed by atoms with van der Waals surface area (Å²) in [5, 5.41) is 8.74. The molecule has 1 saturated heterocycles. The summed E-state index contributed by atoms with van der Waals surface area (Å²) in [5.41, 5.74) is 0.329. The second kappa shape index (κ2) is 5.79. The molecule has 0 aromatic carbocycles. The van der Waals surface area contributed by atoms with Gasteiger partial charge < -0.3 is 14.7 Å². The van der Waals surface area contributed by atoms with E-state index in [1.165, 1.54) is 18.3 Å². The van der Waals surface area contributed by atoms with E-state index in [-0.39, 0.29) is 11.6 Å². The van der Waals surface area contributed by atoms with Crippen LogP contribution in [0.5, 0.6) is 0 Å². The summed E-state index contributed by atoms with van der Waals surface area (Å²) >= 11 is 0. The highest BCUT2D eigenvalue weighted by molar-refractivity contribution is 5.94. The monoisotopic (exact) mass is 264 g/mol. The number of amides is 1. The van der Waals surface area contributed by atoms with Crippen molar-refractivity contribution in [1.82, 2.24) is 9.88 Å². The van der Waals surface area contributed by atoms with Crippen LogP contribution in [0.1, 0.15) is 27.3 Å². The fraction of sp³-hybridized carbons (Fsp3) is 0.462. The van der Waals surface area contributed by atoms with Crippen LogP contribution in [0.2, 0.25) is 0 Å². The first kappa shape index (κ1) is 13.5. The summed E-state index contributed by atoms with van der Waals surface area (Å²) < 4.78 is 5.27. The molecule has 19 heavy (non-hydrogen) atoms. The molecular formula is C13H16N2O4. The van der Waals surface area contributed by atoms with Gasteiger partial charge in [-0.15, -0.1) is 0 Å². The molecule has 6 heteroatoms. The molecule has 1 fully saturated rings. The Hall–Kier alpha value is -1.95. The lowest BCUT2D eigenvalue weighted by atomic mass is 10.1. The Morgan fingerprint density at radius 3 is 2.84 bits per heavy atom. The zero-order valence-corrected chi connectivity index (χ0v) is 10.7. The number of carboxylic acids is 1. The number of hydrogen-bond donors (Lipinski definition) is 1. The van der Waals surface area contributed by atoms with Crippen LogP contribution in [0, 0.1) is 5.92 Å². The van der Waals surface area contributed by atoms with Crippen molar-refractivity contribution in [2.45, 2.75) is 6.42 Å². The van der Waals surface area contributed by atoms with E-state index in [9.17, 15) is 9.59 Å². The maximum absolute atomic E-state index is 12.1. The van der Waals surface area contributed by atoms with Crippen LogP contribution in [0.3, 0.4) is 0 Å². The van der Waals surface area contributed by atoms with Gasteiger partial charge in [-0.1, -0.05) is 0 Å². The maximum atomic E-state index is 12.1. The van der Waals surface area contributed by atoms with Crippen LogP contribution >= 0.6 is 0 Å². The number of pyridine rings is 1. The molecule has 0 bridgehead atoms. The largest absolute Gasteiger partial charge is 0.477 e. The number of carbonyl (C=O) groups is 2. The summed E-state index contributed by atoms with van der Waals surface area (Å²) in [5.74, 6) is -0.882. The van der Waals surface area contributed by atoms with Gasteiger partial charge in [-0.05, 0) is 18.6 Å². The van der Waals surface area contributed by atoms with E-state index in [4.69, 9.17) is 9.84 Å². The number of ether oxygens (including phenoxy) is 1. The molecule has 1 aromatic rings. The predicted octanol–water partition coefficient (Wildman–Crippen LogP) is 0.888. The van der Waals surface area contributed by atoms with E-state index in [2.05, 4.69) is 4.98 Å². The standard InChI is InChI=1S/C13H16N2O4/c1-15(7-9-4-5-19-8-9)12(16)10-2-3-11(13(17)18)14-6-10/h2-3,6,9H,4-5,7-8H2,1H3,(H,17,18). The number of carbonyl (C=O) groups excluding carboxylic acids is 1. The van der Waals surface area contributed by atoms with Crippen molar-refractivity contribution in [3.05, 3.63) is 29.6 Å². The van der Waals surface area contributed by atoms with Crippen LogP contribution in [0.4, 0.5) is 0 Å². The van der Waals surface area contributed by atoms with Gasteiger partial charge in [0.1, 0.15) is 5.69 Å². The quantitative estimate of drug-likeness (QED) is 0.873. The van der Waals surface area contributed by atoms with Crippen LogP contribution < -0.4 is 0 Å². The Kier molecular flexibility index (Phi) is 4.11. The predicted molar refractivity (Wildman–Crippen MR) is 67.1 cm³/mol. The Labute approximate surface area is 111 Å². The molecule has 1 atom stereocenters. The van der Waals surface area contributed by atoms with Crippen molar-refractivity contribution in [1.29, 1.82) is 0 Å². The first-order valence-corrected chi connectivity index (χ1v) is 6.10. The smallest absolute Gasteiger partial charge is 0.354 e. The summed E-state index contributed by atoms with van der Waals surface area (Å²) in [7, 11) is 1.73. The average Bonchev–Trinajstić information content (AvgIpc) is 2.90. The number of aromatic carboxylic acids is 1. The van der Waals surface area contributed by atoms with Crippen LogP contribution in [-0.2, 0) is 4.74 Å². The van der Waals surface area contributed by atoms with Gasteiger partial charge in [0, 0.05) is 32.3 Å². The number of hydrogen-bond acceptors (Lipinski definition) is 4. The van der Waals surface area contributed by atoms with Gasteiger partial charge in [0.05, 0.1) is 12.2 Å². The summed E-state index contributed by atoms with van der Waals surface area (Å²) in [6.07, 6.45) is 2.27. The third-order valence-corrected chi connectivity index (χ3v) is 3.13. The van der Waals surface area contributed by atoms with Crippen molar-refractivity contribution in [2.75, 3.05) is 26.8 Å². The molecule has 1 aliphatic rings. The zero-order chi connectivity index (χ0) is 13.8. The molecular weight excluding hydrogens is 248 g/mol. The summed E-state index contributed by atoms with van der Waals surface area (Å²) in [6.45, 7) is 2.08. The minimum absolute atomic E-state index is 0.0663. The van der Waals surface area contributed by atoms with Gasteiger partial charge in [-0.3, -0.25) is 4.79 Å². The van der Waals surface area contributed by atoms with Crippen LogP contribution in [0.15, 0.2) is 18.3 Å². The first-order chi connectivity index (χ1) is 9.08. The van der Waals surface area contributed by atoms with Crippen molar-refractivity contribution in [3.8, 4) is 0 Å². The fourth-order valence-corrected chi connectivity index (χ4v) is 2.06. The Balaban J connectivity index is 1.99. The molecule has 1 aliphatic heterocycles. The van der Waals surface area contributed by atoms with Crippen LogP contribution in [-0.4, -0.2) is 53.7 Å². The lowest BCUT2D eigenvalue weighted by molar-refractivity contribution is 0.0687. The van der Waals surface area contributed by atoms with Gasteiger partial charge in [0.2, 0.25) is 0 Å². The Morgan fingerprint density at radius 1 is 1.53 bits per heavy atom. The maximum Gasteiger partial charge on any atom is 0.354 e. The molecule has 102 valence electrons. The molecule has 0 spiro atoms. The van der Waals surface area contributed by atoms with Gasteiger partial charge in [-0.2, -0.15) is 0 Å². The third kappa shape index (κ3) is 3.29. The van der Waals surface area contributed by atoms with Crippen molar-refractivity contribution < 1.29 is 19.4 Å². The highest BCUT2D eigenvalue weighted by Gasteiger charge is 2.21. The molecule has 0 saturated carbocycles. The molecule has 2 rings (SSSR count). The number of nitrogens with zero attached hydrogens (tertiary/aromatic N) is 2. The molecule has 6 nitrogen and oxygen atoms in total. The Morgan fingerprint density at radius 2 is 2.32 bits per heavy atom. The minimum atomic E-state index is -1.10. The van der Waals surface area contributed by atoms with Gasteiger partial charge in [0.15, 0.2) is 0 Å². The van der Waals surface area contributed by atoms with Gasteiger partial charge >= 0.3 is 5.97 Å². The van der Waals surface area contributed by atoms with Crippen molar-refractivity contribution in [3.63, 3.8) is 0 Å². The minimum Gasteiger partial charge on any atom is -0.477 e. The lowest BCUT2D eigenvalue weighted by Gasteiger charge is -2.20. The molecule has 0 aliphatic carbocycles. The summed E-state index contributed by atoms with van der Waals surface area (Å²) in [6, 6.07) is 2.82. The molecule has 1 aromatic heterocycles. The first-order valence-electron chi connectivity index (χ1n) is 6.10. The van der Waals surface area contributed by atoms with E-state index < -0.39 is 5.97 Å². The highest BCUT2D eigenvalue weighted by atomic mass is 16.5. The topological polar surface area (TPSA) is 79.7 Å². The van der Waals surface area contributed by atoms with Gasteiger partial charge in [-0.25, -0.2) is 9.78 Å². The average molecular weight is 264 g/mol. The second-order valence-electron chi connectivity index (χ2n) is 4.65. The van der Waals surface area contributed by atoms with Gasteiger partial charge in [0.25, 0.3) is 5.91 Å². The molecule has 1 unspecified atom stereocenters. The van der Waals surface area contributed by atoms with Crippen molar-refractivity contribution in [2.24, 2.45) is 5.92 Å². The summed E-state index contributed by atoms with van der Waals surface area (Å²) in [4.78, 5) is 28.1. The Bertz CT molecular complexity index is 466. The fourth-order valence-electron chi connectivity index (χ4n) is 2.06. The highest BCUT2D eigenvalue weighted by Crippen LogP contribution is 2.14. The number of rotatable bonds is 4. The molecule has 0 radical (unpaired) electrons. The van der Waals surface area contributed by atoms with E-state index in [1.807, 2.05) is 0 Å². The normalized spacial score (nSPS) is 18.3. The lowest BCUT2D eigenvalue weighted by Crippen LogP contribution is -2.32. The second-order valence-corrected chi connectivity index (χ2v) is 4.65.